The van der Waals surface area contributed by atoms with Gasteiger partial charge in [0.2, 0.25) is 5.91 Å². The number of nitrogens with zero attached hydrogens (tertiary/aromatic N) is 2. The number of allylic oxidation sites excluding steroid dienone is 1. The molecular formula is C44H53N3O12. The standard InChI is InChI=1S/C44H53N3O12/c1-25-16-33(50)31-17-28-18-35(59-56-24-44(55,40(53)37(52)34(51)23-48)19-26-6-8-30(49)9-7-26)42(2,14-10-29-20-46-41(54)43(29)12-4-3-5-13-43)58-38(28)36(39(31)57-25)47-21-27-11-15-45-32(27)22-47/h6-9,11,15-17,22,29,34-35,37,40,48-49,51-53,55H,3-5,10,12-14,18-21,23-24H2,1-2H3,(H,46,54)/t29-,34-,35-,37-,40+,42-,44+/m1/s1. The number of phenols is 1. The molecule has 2 fully saturated rings. The Bertz CT molecular complexity index is 2230. The first-order valence-electron chi connectivity index (χ1n) is 20.5. The molecule has 1 saturated carbocycles. The molecule has 0 bridgehead atoms. The van der Waals surface area contributed by atoms with Crippen molar-refractivity contribution in [2.75, 3.05) is 31.2 Å². The Hall–Kier alpha value is -4.61. The second-order valence-electron chi connectivity index (χ2n) is 17.2. The Morgan fingerprint density at radius 3 is 2.59 bits per heavy atom. The maximum Gasteiger partial charge on any atom is 0.226 e. The van der Waals surface area contributed by atoms with Crippen LogP contribution in [0.15, 0.2) is 74.1 Å². The van der Waals surface area contributed by atoms with Crippen LogP contribution in [0, 0.1) is 18.3 Å². The number of aliphatic imine (C=N–C) groups is 1. The van der Waals surface area contributed by atoms with Crippen molar-refractivity contribution in [3.8, 4) is 11.5 Å². The van der Waals surface area contributed by atoms with E-state index in [-0.39, 0.29) is 35.8 Å². The number of fused-ring (bicyclic) bond motifs is 3. The molecule has 4 aliphatic heterocycles. The van der Waals surface area contributed by atoms with E-state index in [4.69, 9.17) is 18.9 Å². The minimum atomic E-state index is -2.27. The van der Waals surface area contributed by atoms with Gasteiger partial charge in [0.25, 0.3) is 0 Å². The summed E-state index contributed by atoms with van der Waals surface area (Å²) in [6.07, 6.45) is 4.64. The number of aromatic hydroxyl groups is 1. The zero-order chi connectivity index (χ0) is 41.7. The lowest BCUT2D eigenvalue weighted by molar-refractivity contribution is -0.371. The van der Waals surface area contributed by atoms with E-state index in [1.807, 2.05) is 24.1 Å². The third kappa shape index (κ3) is 7.69. The van der Waals surface area contributed by atoms with Gasteiger partial charge in [0, 0.05) is 49.0 Å². The van der Waals surface area contributed by atoms with Crippen molar-refractivity contribution in [3.05, 3.63) is 87.1 Å². The lowest BCUT2D eigenvalue weighted by Crippen LogP contribution is -2.58. The van der Waals surface area contributed by atoms with E-state index >= 15 is 0 Å². The molecule has 0 unspecified atom stereocenters. The molecule has 1 amide bonds. The van der Waals surface area contributed by atoms with Crippen LogP contribution in [0.25, 0.3) is 11.0 Å². The number of hydrogen-bond acceptors (Lipinski definition) is 14. The molecule has 1 saturated heterocycles. The molecule has 5 aliphatic rings. The molecule has 0 radical (unpaired) electrons. The van der Waals surface area contributed by atoms with E-state index in [1.165, 1.54) is 30.3 Å². The quantitative estimate of drug-likeness (QED) is 0.0920. The van der Waals surface area contributed by atoms with Crippen LogP contribution < -0.4 is 20.4 Å². The number of nitrogens with one attached hydrogen (secondary N) is 1. The second-order valence-corrected chi connectivity index (χ2v) is 17.2. The molecule has 2 aromatic carbocycles. The van der Waals surface area contributed by atoms with Crippen LogP contribution in [0.2, 0.25) is 0 Å². The first-order chi connectivity index (χ1) is 28.2. The largest absolute Gasteiger partial charge is 0.508 e. The Balaban J connectivity index is 1.15. The molecule has 5 heterocycles. The van der Waals surface area contributed by atoms with Gasteiger partial charge in [-0.15, -0.1) is 0 Å². The summed E-state index contributed by atoms with van der Waals surface area (Å²) < 4.78 is 13.4. The molecule has 1 aromatic heterocycles. The van der Waals surface area contributed by atoms with Crippen LogP contribution in [0.1, 0.15) is 68.8 Å². The summed E-state index contributed by atoms with van der Waals surface area (Å²) in [5, 5.41) is 66.9. The van der Waals surface area contributed by atoms with Gasteiger partial charge in [0.1, 0.15) is 59.4 Å². The molecule has 59 heavy (non-hydrogen) atoms. The SMILES string of the molecule is Cc1cc(=O)c2cc3c(c(N4C=C5N=CC=C5C4)c2o1)O[C@](C)(CC[C@@H]1CNC(=O)C12CCCCC2)[C@H](OOC[C@@](O)(Cc1ccc(O)cc1)[C@@H](O)[C@H](O)[C@H](O)CO)C3. The first kappa shape index (κ1) is 41.1. The lowest BCUT2D eigenvalue weighted by Gasteiger charge is -2.44. The van der Waals surface area contributed by atoms with Gasteiger partial charge in [0.05, 0.1) is 29.6 Å². The molecule has 316 valence electrons. The maximum absolute atomic E-state index is 13.5. The van der Waals surface area contributed by atoms with Crippen molar-refractivity contribution in [2.24, 2.45) is 16.3 Å². The van der Waals surface area contributed by atoms with E-state index in [0.717, 1.165) is 43.4 Å². The predicted octanol–water partition coefficient (Wildman–Crippen LogP) is 3.02. The Labute approximate surface area is 341 Å². The summed E-state index contributed by atoms with van der Waals surface area (Å²) in [6.45, 7) is 3.08. The van der Waals surface area contributed by atoms with Crippen LogP contribution >= 0.6 is 0 Å². The Morgan fingerprint density at radius 1 is 1.10 bits per heavy atom. The summed E-state index contributed by atoms with van der Waals surface area (Å²) in [6, 6.07) is 9.04. The van der Waals surface area contributed by atoms with Gasteiger partial charge in [-0.3, -0.25) is 14.6 Å². The first-order valence-corrected chi connectivity index (χ1v) is 20.5. The van der Waals surface area contributed by atoms with Crippen molar-refractivity contribution in [1.82, 2.24) is 5.32 Å². The predicted molar refractivity (Wildman–Crippen MR) is 216 cm³/mol. The van der Waals surface area contributed by atoms with Crippen molar-refractivity contribution in [1.29, 1.82) is 0 Å². The average molecular weight is 816 g/mol. The summed E-state index contributed by atoms with van der Waals surface area (Å²) in [7, 11) is 0. The van der Waals surface area contributed by atoms with E-state index < -0.39 is 54.2 Å². The highest BCUT2D eigenvalue weighted by molar-refractivity contribution is 5.96. The van der Waals surface area contributed by atoms with Gasteiger partial charge in [-0.05, 0) is 75.3 Å². The fourth-order valence-electron chi connectivity index (χ4n) is 9.65. The number of ether oxygens (including phenoxy) is 1. The maximum atomic E-state index is 13.5. The van der Waals surface area contributed by atoms with Gasteiger partial charge in [0.15, 0.2) is 16.8 Å². The van der Waals surface area contributed by atoms with Crippen molar-refractivity contribution >= 4 is 28.8 Å². The molecule has 8 rings (SSSR count). The molecule has 7 atom stereocenters. The Morgan fingerprint density at radius 2 is 1.86 bits per heavy atom. The zero-order valence-electron chi connectivity index (χ0n) is 33.3. The van der Waals surface area contributed by atoms with Crippen LogP contribution in [-0.2, 0) is 27.4 Å². The Kier molecular flexibility index (Phi) is 11.2. The van der Waals surface area contributed by atoms with Crippen molar-refractivity contribution in [2.45, 2.75) is 107 Å². The molecule has 1 aliphatic carbocycles. The smallest absolute Gasteiger partial charge is 0.226 e. The molecule has 15 heteroatoms. The lowest BCUT2D eigenvalue weighted by atomic mass is 9.65. The monoisotopic (exact) mass is 815 g/mol. The minimum absolute atomic E-state index is 0.0177. The highest BCUT2D eigenvalue weighted by Gasteiger charge is 2.53. The highest BCUT2D eigenvalue weighted by Crippen LogP contribution is 2.51. The second kappa shape index (κ2) is 16.1. The third-order valence-corrected chi connectivity index (χ3v) is 13.2. The third-order valence-electron chi connectivity index (χ3n) is 13.2. The zero-order valence-corrected chi connectivity index (χ0v) is 33.3. The summed E-state index contributed by atoms with van der Waals surface area (Å²) in [5.74, 6) is 1.07. The van der Waals surface area contributed by atoms with Crippen LogP contribution in [0.4, 0.5) is 5.69 Å². The summed E-state index contributed by atoms with van der Waals surface area (Å²) in [4.78, 5) is 45.4. The van der Waals surface area contributed by atoms with Crippen LogP contribution in [0.5, 0.6) is 11.5 Å². The highest BCUT2D eigenvalue weighted by atomic mass is 17.2. The van der Waals surface area contributed by atoms with Gasteiger partial charge >= 0.3 is 0 Å². The molecular weight excluding hydrogens is 762 g/mol. The minimum Gasteiger partial charge on any atom is -0.508 e. The number of rotatable bonds is 14. The number of carbonyl (C=O) groups excluding carboxylic acids is 1. The van der Waals surface area contributed by atoms with E-state index in [9.17, 15) is 40.2 Å². The molecule has 3 aromatic rings. The average Bonchev–Trinajstić information content (AvgIpc) is 3.91. The van der Waals surface area contributed by atoms with E-state index in [0.29, 0.717) is 65.2 Å². The molecule has 7 N–H and O–H groups in total. The fourth-order valence-corrected chi connectivity index (χ4v) is 9.65. The van der Waals surface area contributed by atoms with E-state index in [1.54, 1.807) is 19.2 Å². The van der Waals surface area contributed by atoms with Gasteiger partial charge in [-0.2, -0.15) is 0 Å². The molecule has 1 spiro atoms. The van der Waals surface area contributed by atoms with E-state index in [2.05, 4.69) is 10.3 Å². The van der Waals surface area contributed by atoms with Gasteiger partial charge in [-0.25, -0.2) is 9.78 Å². The number of amides is 1. The summed E-state index contributed by atoms with van der Waals surface area (Å²) >= 11 is 0. The fraction of sp³-hybridized carbons (Fsp3) is 0.523. The topological polar surface area (TPSA) is 224 Å². The van der Waals surface area contributed by atoms with Crippen molar-refractivity contribution < 1.29 is 54.4 Å². The number of aliphatic hydroxyl groups is 5. The van der Waals surface area contributed by atoms with Gasteiger partial charge < -0.3 is 50.0 Å². The number of aliphatic hydroxyl groups excluding tert-OH is 4. The summed E-state index contributed by atoms with van der Waals surface area (Å²) in [5.41, 5.74) is -0.210. The molecule has 15 nitrogen and oxygen atoms in total. The van der Waals surface area contributed by atoms with Gasteiger partial charge in [-0.1, -0.05) is 31.4 Å². The normalized spacial score (nSPS) is 25.8. The number of carbonyl (C=O) groups is 1. The van der Waals surface area contributed by atoms with Crippen LogP contribution in [0.3, 0.4) is 0 Å². The number of benzene rings is 2. The number of anilines is 1. The number of hydrogen-bond donors (Lipinski definition) is 7. The number of aryl methyl sites for hydroxylation is 1. The van der Waals surface area contributed by atoms with Crippen LogP contribution in [-0.4, -0.2) is 105 Å². The van der Waals surface area contributed by atoms with Crippen molar-refractivity contribution in [3.63, 3.8) is 0 Å². The number of phenolic OH excluding ortho intramolecular Hbond substituents is 1.